The Labute approximate surface area is 109 Å². The number of nitrogens with zero attached hydrogens (tertiary/aromatic N) is 1. The fraction of sp³-hybridized carbons (Fsp3) is 1.00. The topological polar surface area (TPSA) is 79.2 Å². The van der Waals surface area contributed by atoms with Gasteiger partial charge in [-0.3, -0.25) is 9.46 Å². The van der Waals surface area contributed by atoms with Crippen molar-refractivity contribution in [2.75, 3.05) is 45.7 Å². The van der Waals surface area contributed by atoms with E-state index in [2.05, 4.69) is 0 Å². The van der Waals surface area contributed by atoms with Gasteiger partial charge in [-0.2, -0.15) is 0 Å². The lowest BCUT2D eigenvalue weighted by molar-refractivity contribution is 0.0921. The van der Waals surface area contributed by atoms with E-state index in [-0.39, 0.29) is 25.9 Å². The second-order valence-corrected chi connectivity index (χ2v) is 6.34. The first-order chi connectivity index (χ1) is 8.52. The Morgan fingerprint density at radius 1 is 1.17 bits per heavy atom. The standard InChI is InChI=1S/C11H26NO5P/c1-4-16-18(15,5-2)17-10-11(3)12(6-8-13)7-9-14/h11,13-14H,4-10H2,1-3H3. The number of hydrogen-bond donors (Lipinski definition) is 2. The zero-order valence-electron chi connectivity index (χ0n) is 11.5. The van der Waals surface area contributed by atoms with Crippen LogP contribution in [0, 0.1) is 0 Å². The number of aliphatic hydroxyl groups excluding tert-OH is 2. The molecule has 0 aliphatic carbocycles. The van der Waals surface area contributed by atoms with E-state index >= 15 is 0 Å². The Morgan fingerprint density at radius 2 is 1.72 bits per heavy atom. The summed E-state index contributed by atoms with van der Waals surface area (Å²) in [5, 5.41) is 17.9. The lowest BCUT2D eigenvalue weighted by Gasteiger charge is -2.28. The van der Waals surface area contributed by atoms with E-state index in [1.807, 2.05) is 11.8 Å². The second-order valence-electron chi connectivity index (χ2n) is 3.97. The fourth-order valence-electron chi connectivity index (χ4n) is 1.55. The lowest BCUT2D eigenvalue weighted by Crippen LogP contribution is -2.40. The summed E-state index contributed by atoms with van der Waals surface area (Å²) in [7, 11) is -2.98. The molecule has 0 aromatic heterocycles. The highest BCUT2D eigenvalue weighted by Gasteiger charge is 2.23. The molecule has 6 nitrogen and oxygen atoms in total. The van der Waals surface area contributed by atoms with Gasteiger partial charge in [0.25, 0.3) is 0 Å². The van der Waals surface area contributed by atoms with Crippen LogP contribution >= 0.6 is 7.60 Å². The van der Waals surface area contributed by atoms with Crippen LogP contribution in [0.2, 0.25) is 0 Å². The minimum atomic E-state index is -2.98. The van der Waals surface area contributed by atoms with E-state index < -0.39 is 7.60 Å². The SMILES string of the molecule is CCOP(=O)(CC)OCC(C)N(CCO)CCO. The second kappa shape index (κ2) is 9.89. The zero-order chi connectivity index (χ0) is 14.0. The van der Waals surface area contributed by atoms with Gasteiger partial charge in [-0.15, -0.1) is 0 Å². The maximum atomic E-state index is 12.1. The molecule has 2 atom stereocenters. The molecule has 0 radical (unpaired) electrons. The molecule has 2 N–H and O–H groups in total. The van der Waals surface area contributed by atoms with Gasteiger partial charge >= 0.3 is 7.60 Å². The molecule has 0 saturated carbocycles. The lowest BCUT2D eigenvalue weighted by atomic mass is 10.3. The smallest absolute Gasteiger partial charge is 0.330 e. The van der Waals surface area contributed by atoms with Gasteiger partial charge in [-0.05, 0) is 13.8 Å². The van der Waals surface area contributed by atoms with Crippen LogP contribution in [0.15, 0.2) is 0 Å². The summed E-state index contributed by atoms with van der Waals surface area (Å²) in [6.45, 7) is 6.99. The molecule has 18 heavy (non-hydrogen) atoms. The summed E-state index contributed by atoms with van der Waals surface area (Å²) in [4.78, 5) is 1.88. The molecular weight excluding hydrogens is 257 g/mol. The molecule has 0 aromatic carbocycles. The van der Waals surface area contributed by atoms with E-state index in [9.17, 15) is 4.57 Å². The summed E-state index contributed by atoms with van der Waals surface area (Å²) in [6, 6.07) is -0.0374. The fourth-order valence-corrected chi connectivity index (χ4v) is 2.83. The molecule has 7 heteroatoms. The van der Waals surface area contributed by atoms with E-state index in [0.29, 0.717) is 25.9 Å². The average Bonchev–Trinajstić information content (AvgIpc) is 2.36. The van der Waals surface area contributed by atoms with Crippen molar-refractivity contribution in [3.63, 3.8) is 0 Å². The Hall–Kier alpha value is 0.0300. The van der Waals surface area contributed by atoms with Crippen LogP contribution in [0.3, 0.4) is 0 Å². The number of hydrogen-bond acceptors (Lipinski definition) is 6. The first-order valence-corrected chi connectivity index (χ1v) is 8.09. The van der Waals surface area contributed by atoms with E-state index in [0.717, 1.165) is 0 Å². The zero-order valence-corrected chi connectivity index (χ0v) is 12.4. The molecule has 0 spiro atoms. The third-order valence-corrected chi connectivity index (χ3v) is 4.59. The minimum Gasteiger partial charge on any atom is -0.395 e. The highest BCUT2D eigenvalue weighted by atomic mass is 31.2. The van der Waals surface area contributed by atoms with E-state index in [4.69, 9.17) is 19.3 Å². The number of rotatable bonds is 11. The van der Waals surface area contributed by atoms with Crippen molar-refractivity contribution in [1.29, 1.82) is 0 Å². The van der Waals surface area contributed by atoms with Gasteiger partial charge in [0.05, 0.1) is 26.4 Å². The van der Waals surface area contributed by atoms with Crippen molar-refractivity contribution in [3.8, 4) is 0 Å². The van der Waals surface area contributed by atoms with Gasteiger partial charge in [0.15, 0.2) is 0 Å². The predicted molar refractivity (Wildman–Crippen MR) is 70.9 cm³/mol. The van der Waals surface area contributed by atoms with Crippen LogP contribution < -0.4 is 0 Å². The Morgan fingerprint density at radius 3 is 2.11 bits per heavy atom. The molecule has 0 aliphatic heterocycles. The first kappa shape index (κ1) is 18.0. The normalized spacial score (nSPS) is 16.8. The maximum Gasteiger partial charge on any atom is 0.330 e. The third kappa shape index (κ3) is 6.83. The average molecular weight is 283 g/mol. The van der Waals surface area contributed by atoms with Crippen LogP contribution in [0.25, 0.3) is 0 Å². The molecule has 0 rings (SSSR count). The highest BCUT2D eigenvalue weighted by molar-refractivity contribution is 7.53. The molecule has 0 fully saturated rings. The quantitative estimate of drug-likeness (QED) is 0.549. The molecule has 0 aromatic rings. The van der Waals surface area contributed by atoms with Gasteiger partial charge in [0, 0.05) is 25.3 Å². The molecule has 0 heterocycles. The summed E-state index contributed by atoms with van der Waals surface area (Å²) in [6.07, 6.45) is 0.341. The maximum absolute atomic E-state index is 12.1. The van der Waals surface area contributed by atoms with Gasteiger partial charge in [-0.1, -0.05) is 6.92 Å². The Bertz CT molecular complexity index is 246. The highest BCUT2D eigenvalue weighted by Crippen LogP contribution is 2.47. The largest absolute Gasteiger partial charge is 0.395 e. The van der Waals surface area contributed by atoms with Crippen LogP contribution in [0.5, 0.6) is 0 Å². The van der Waals surface area contributed by atoms with Crippen molar-refractivity contribution >= 4 is 7.60 Å². The van der Waals surface area contributed by atoms with Gasteiger partial charge in [-0.25, -0.2) is 0 Å². The predicted octanol–water partition coefficient (Wildman–Crippen LogP) is 0.928. The molecule has 2 unspecified atom stereocenters. The van der Waals surface area contributed by atoms with Crippen LogP contribution in [0.1, 0.15) is 20.8 Å². The summed E-state index contributed by atoms with van der Waals surface area (Å²) < 4.78 is 22.6. The summed E-state index contributed by atoms with van der Waals surface area (Å²) >= 11 is 0. The van der Waals surface area contributed by atoms with Crippen molar-refractivity contribution in [1.82, 2.24) is 4.90 Å². The first-order valence-electron chi connectivity index (χ1n) is 6.36. The molecular formula is C11H26NO5P. The van der Waals surface area contributed by atoms with Gasteiger partial charge in [0.1, 0.15) is 0 Å². The third-order valence-electron chi connectivity index (χ3n) is 2.62. The molecule has 110 valence electrons. The molecule has 0 saturated heterocycles. The number of aliphatic hydroxyl groups is 2. The Kier molecular flexibility index (Phi) is 9.91. The van der Waals surface area contributed by atoms with Crippen LogP contribution in [-0.2, 0) is 13.6 Å². The van der Waals surface area contributed by atoms with Crippen molar-refractivity contribution < 1.29 is 23.8 Å². The van der Waals surface area contributed by atoms with E-state index in [1.165, 1.54) is 0 Å². The summed E-state index contributed by atoms with van der Waals surface area (Å²) in [5.74, 6) is 0. The van der Waals surface area contributed by atoms with Crippen LogP contribution in [-0.4, -0.2) is 66.8 Å². The minimum absolute atomic E-state index is 0.0151. The van der Waals surface area contributed by atoms with E-state index in [1.54, 1.807) is 13.8 Å². The monoisotopic (exact) mass is 283 g/mol. The van der Waals surface area contributed by atoms with Crippen molar-refractivity contribution in [2.24, 2.45) is 0 Å². The molecule has 0 aliphatic rings. The van der Waals surface area contributed by atoms with Gasteiger partial charge < -0.3 is 19.3 Å². The summed E-state index contributed by atoms with van der Waals surface area (Å²) in [5.41, 5.74) is 0. The molecule has 0 amide bonds. The molecule has 0 bridgehead atoms. The van der Waals surface area contributed by atoms with Crippen LogP contribution in [0.4, 0.5) is 0 Å². The van der Waals surface area contributed by atoms with Gasteiger partial charge in [0.2, 0.25) is 0 Å². The van der Waals surface area contributed by atoms with Crippen molar-refractivity contribution in [2.45, 2.75) is 26.8 Å². The van der Waals surface area contributed by atoms with Crippen molar-refractivity contribution in [3.05, 3.63) is 0 Å². The Balaban J connectivity index is 4.26.